The van der Waals surface area contributed by atoms with Crippen molar-refractivity contribution in [1.82, 2.24) is 5.43 Å². The molecular formula is C14H13N3O3S2. The molecule has 1 aromatic carbocycles. The van der Waals surface area contributed by atoms with E-state index in [1.807, 2.05) is 19.2 Å². The van der Waals surface area contributed by atoms with Crippen molar-refractivity contribution >= 4 is 40.9 Å². The second-order valence-electron chi connectivity index (χ2n) is 4.31. The average molecular weight is 335 g/mol. The van der Waals surface area contributed by atoms with Crippen LogP contribution in [0.2, 0.25) is 0 Å². The number of thiophene rings is 1. The molecule has 1 heterocycles. The quantitative estimate of drug-likeness (QED) is 0.392. The lowest BCUT2D eigenvalue weighted by molar-refractivity contribution is -0.384. The van der Waals surface area contributed by atoms with E-state index in [2.05, 4.69) is 10.5 Å². The van der Waals surface area contributed by atoms with Crippen molar-refractivity contribution in [1.29, 1.82) is 0 Å². The lowest BCUT2D eigenvalue weighted by Gasteiger charge is -1.99. The van der Waals surface area contributed by atoms with Crippen LogP contribution in [0.4, 0.5) is 5.69 Å². The van der Waals surface area contributed by atoms with Crippen molar-refractivity contribution in [2.45, 2.75) is 11.1 Å². The lowest BCUT2D eigenvalue weighted by Crippen LogP contribution is -2.17. The highest BCUT2D eigenvalue weighted by Crippen LogP contribution is 2.28. The van der Waals surface area contributed by atoms with Crippen LogP contribution in [0.25, 0.3) is 0 Å². The number of amides is 1. The Hall–Kier alpha value is -2.19. The molecule has 0 saturated carbocycles. The molecule has 0 unspecified atom stereocenters. The third-order valence-electron chi connectivity index (χ3n) is 2.72. The maximum atomic E-state index is 11.9. The summed E-state index contributed by atoms with van der Waals surface area (Å²) >= 11 is 3.28. The molecule has 1 amide bonds. The Morgan fingerprint density at radius 1 is 1.45 bits per heavy atom. The molecule has 1 N–H and O–H groups in total. The summed E-state index contributed by atoms with van der Waals surface area (Å²) in [6.45, 7) is 2.00. The van der Waals surface area contributed by atoms with Gasteiger partial charge in [-0.05, 0) is 25.3 Å². The molecule has 2 aromatic rings. The number of nitrogens with zero attached hydrogens (tertiary/aromatic N) is 2. The zero-order valence-electron chi connectivity index (χ0n) is 11.9. The van der Waals surface area contributed by atoms with E-state index in [0.717, 1.165) is 14.6 Å². The van der Waals surface area contributed by atoms with Crippen molar-refractivity contribution in [3.05, 3.63) is 56.5 Å². The highest BCUT2D eigenvalue weighted by atomic mass is 32.2. The molecule has 114 valence electrons. The molecule has 0 aliphatic rings. The predicted molar refractivity (Wildman–Crippen MR) is 89.0 cm³/mol. The maximum absolute atomic E-state index is 11.9. The minimum atomic E-state index is -0.543. The van der Waals surface area contributed by atoms with Gasteiger partial charge >= 0.3 is 0 Å². The van der Waals surface area contributed by atoms with Crippen molar-refractivity contribution < 1.29 is 9.72 Å². The first-order valence-corrected chi connectivity index (χ1v) is 8.27. The molecule has 0 saturated heterocycles. The number of non-ortho nitro benzene ring substituents is 1. The molecule has 0 fully saturated rings. The topological polar surface area (TPSA) is 84.6 Å². The molecule has 0 aliphatic carbocycles. The Labute approximate surface area is 135 Å². The number of nitro groups is 1. The fourth-order valence-electron chi connectivity index (χ4n) is 1.75. The van der Waals surface area contributed by atoms with Gasteiger partial charge in [0.2, 0.25) is 0 Å². The van der Waals surface area contributed by atoms with Crippen LogP contribution in [0.3, 0.4) is 0 Å². The first kappa shape index (κ1) is 16.2. The molecular weight excluding hydrogens is 322 g/mol. The van der Waals surface area contributed by atoms with Crippen LogP contribution in [0.5, 0.6) is 0 Å². The third-order valence-corrected chi connectivity index (χ3v) is 4.94. The molecule has 1 aromatic heterocycles. The lowest BCUT2D eigenvalue weighted by atomic mass is 10.2. The van der Waals surface area contributed by atoms with Crippen LogP contribution in [0.15, 0.2) is 39.6 Å². The van der Waals surface area contributed by atoms with Gasteiger partial charge in [0.15, 0.2) is 0 Å². The maximum Gasteiger partial charge on any atom is 0.271 e. The highest BCUT2D eigenvalue weighted by Gasteiger charge is 2.10. The van der Waals surface area contributed by atoms with E-state index < -0.39 is 10.8 Å². The van der Waals surface area contributed by atoms with Gasteiger partial charge in [-0.1, -0.05) is 6.07 Å². The van der Waals surface area contributed by atoms with Crippen LogP contribution < -0.4 is 5.43 Å². The number of thioether (sulfide) groups is 1. The van der Waals surface area contributed by atoms with Gasteiger partial charge in [-0.15, -0.1) is 23.1 Å². The summed E-state index contributed by atoms with van der Waals surface area (Å²) < 4.78 is 1.12. The smallest absolute Gasteiger partial charge is 0.267 e. The van der Waals surface area contributed by atoms with E-state index in [1.54, 1.807) is 29.3 Å². The normalized spacial score (nSPS) is 10.8. The van der Waals surface area contributed by atoms with Gasteiger partial charge in [0, 0.05) is 28.1 Å². The summed E-state index contributed by atoms with van der Waals surface area (Å²) in [5, 5.41) is 14.6. The van der Waals surface area contributed by atoms with Crippen LogP contribution >= 0.6 is 23.1 Å². The number of aryl methyl sites for hydroxylation is 1. The monoisotopic (exact) mass is 335 g/mol. The minimum absolute atomic E-state index is 0.130. The average Bonchev–Trinajstić information content (AvgIpc) is 2.87. The third kappa shape index (κ3) is 3.92. The molecule has 0 atom stereocenters. The minimum Gasteiger partial charge on any atom is -0.267 e. The summed E-state index contributed by atoms with van der Waals surface area (Å²) in [6.07, 6.45) is 3.55. The van der Waals surface area contributed by atoms with Crippen molar-refractivity contribution in [2.75, 3.05) is 6.26 Å². The summed E-state index contributed by atoms with van der Waals surface area (Å²) in [4.78, 5) is 23.2. The summed E-state index contributed by atoms with van der Waals surface area (Å²) in [6, 6.07) is 7.50. The van der Waals surface area contributed by atoms with Crippen molar-refractivity contribution in [3.63, 3.8) is 0 Å². The fraction of sp³-hybridized carbons (Fsp3) is 0.143. The van der Waals surface area contributed by atoms with E-state index >= 15 is 0 Å². The molecule has 6 nitrogen and oxygen atoms in total. The number of nitrogens with one attached hydrogen (secondary N) is 1. The van der Waals surface area contributed by atoms with E-state index in [1.165, 1.54) is 24.3 Å². The zero-order chi connectivity index (χ0) is 16.1. The molecule has 0 spiro atoms. The van der Waals surface area contributed by atoms with Crippen LogP contribution in [-0.4, -0.2) is 23.3 Å². The SMILES string of the molecule is CSc1sc(C)cc1C=NNC(=O)c1cccc([N+](=O)[O-])c1. The first-order chi connectivity index (χ1) is 10.5. The second kappa shape index (κ2) is 7.19. The van der Waals surface area contributed by atoms with E-state index in [-0.39, 0.29) is 11.3 Å². The number of hydrogen-bond donors (Lipinski definition) is 1. The molecule has 0 bridgehead atoms. The number of carbonyl (C=O) groups excluding carboxylic acids is 1. The van der Waals surface area contributed by atoms with Crippen molar-refractivity contribution in [3.8, 4) is 0 Å². The molecule has 2 rings (SSSR count). The number of carbonyl (C=O) groups is 1. The largest absolute Gasteiger partial charge is 0.271 e. The highest BCUT2D eigenvalue weighted by molar-refractivity contribution is 8.00. The van der Waals surface area contributed by atoms with Gasteiger partial charge in [-0.3, -0.25) is 14.9 Å². The Morgan fingerprint density at radius 2 is 2.23 bits per heavy atom. The van der Waals surface area contributed by atoms with E-state index in [9.17, 15) is 14.9 Å². The van der Waals surface area contributed by atoms with Gasteiger partial charge in [0.25, 0.3) is 11.6 Å². The van der Waals surface area contributed by atoms with Crippen LogP contribution in [-0.2, 0) is 0 Å². The van der Waals surface area contributed by atoms with Gasteiger partial charge in [0.1, 0.15) is 0 Å². The Bertz CT molecular complexity index is 741. The van der Waals surface area contributed by atoms with E-state index in [0.29, 0.717) is 0 Å². The second-order valence-corrected chi connectivity index (χ2v) is 6.64. The van der Waals surface area contributed by atoms with Gasteiger partial charge in [0.05, 0.1) is 15.3 Å². The summed E-state index contributed by atoms with van der Waals surface area (Å²) in [5.74, 6) is -0.488. The summed E-state index contributed by atoms with van der Waals surface area (Å²) in [5.41, 5.74) is 3.38. The zero-order valence-corrected chi connectivity index (χ0v) is 13.5. The molecule has 8 heteroatoms. The Kier molecular flexibility index (Phi) is 5.29. The fourth-order valence-corrected chi connectivity index (χ4v) is 3.53. The van der Waals surface area contributed by atoms with Crippen LogP contribution in [0, 0.1) is 17.0 Å². The van der Waals surface area contributed by atoms with Crippen molar-refractivity contribution in [2.24, 2.45) is 5.10 Å². The first-order valence-electron chi connectivity index (χ1n) is 6.23. The predicted octanol–water partition coefficient (Wildman–Crippen LogP) is 3.45. The van der Waals surface area contributed by atoms with E-state index in [4.69, 9.17) is 0 Å². The van der Waals surface area contributed by atoms with Gasteiger partial charge < -0.3 is 0 Å². The summed E-state index contributed by atoms with van der Waals surface area (Å²) in [7, 11) is 0. The molecule has 22 heavy (non-hydrogen) atoms. The van der Waals surface area contributed by atoms with Gasteiger partial charge in [-0.2, -0.15) is 5.10 Å². The Morgan fingerprint density at radius 3 is 2.91 bits per heavy atom. The number of nitro benzene ring substituents is 1. The van der Waals surface area contributed by atoms with Crippen LogP contribution in [0.1, 0.15) is 20.8 Å². The number of hydrogen-bond acceptors (Lipinski definition) is 6. The molecule has 0 aliphatic heterocycles. The number of benzene rings is 1. The Balaban J connectivity index is 2.07. The molecule has 0 radical (unpaired) electrons. The number of rotatable bonds is 5. The van der Waals surface area contributed by atoms with Gasteiger partial charge in [-0.25, -0.2) is 5.43 Å². The standard InChI is InChI=1S/C14H13N3O3S2/c1-9-6-11(14(21-2)22-9)8-15-16-13(18)10-4-3-5-12(7-10)17(19)20/h3-8H,1-2H3,(H,16,18). The number of hydrazone groups is 1.